The summed E-state index contributed by atoms with van der Waals surface area (Å²) in [5.41, 5.74) is 0.251. The standard InChI is InChI=1S/C21H33N5O3S2/c1-21(2,3)29-20(28)26-14-8-17(9-15-26)31-19(30)24-11-5-4-10-23-18(27)25-16-6-12-22-13-7-16/h6-7,12-13,17H,4-5,8-11,14-15H2,1-3H3,(H,24,30)(H2,22,23,25,27). The maximum atomic E-state index is 12.1. The van der Waals surface area contributed by atoms with Crippen LogP contribution in [0.1, 0.15) is 46.5 Å². The van der Waals surface area contributed by atoms with E-state index in [0.717, 1.165) is 36.5 Å². The number of thioether (sulfide) groups is 1. The molecule has 31 heavy (non-hydrogen) atoms. The molecule has 1 aliphatic heterocycles. The Hall–Kier alpha value is -2.07. The largest absolute Gasteiger partial charge is 0.444 e. The Kier molecular flexibility index (Phi) is 10.3. The Morgan fingerprint density at radius 2 is 1.77 bits per heavy atom. The van der Waals surface area contributed by atoms with Gasteiger partial charge in [0, 0.05) is 49.5 Å². The molecule has 0 radical (unpaired) electrons. The van der Waals surface area contributed by atoms with Crippen LogP contribution < -0.4 is 16.0 Å². The van der Waals surface area contributed by atoms with E-state index >= 15 is 0 Å². The number of nitrogens with zero attached hydrogens (tertiary/aromatic N) is 2. The average molecular weight is 468 g/mol. The van der Waals surface area contributed by atoms with Crippen molar-refractivity contribution >= 4 is 46.1 Å². The lowest BCUT2D eigenvalue weighted by atomic mass is 10.1. The Bertz CT molecular complexity index is 719. The normalized spacial score (nSPS) is 14.6. The van der Waals surface area contributed by atoms with E-state index in [0.29, 0.717) is 30.6 Å². The van der Waals surface area contributed by atoms with E-state index < -0.39 is 5.60 Å². The summed E-state index contributed by atoms with van der Waals surface area (Å²) < 4.78 is 6.22. The molecule has 0 unspecified atom stereocenters. The second-order valence-electron chi connectivity index (χ2n) is 8.32. The number of amides is 3. The van der Waals surface area contributed by atoms with Crippen molar-refractivity contribution in [1.82, 2.24) is 20.5 Å². The van der Waals surface area contributed by atoms with Gasteiger partial charge >= 0.3 is 12.1 Å². The van der Waals surface area contributed by atoms with E-state index in [2.05, 4.69) is 20.9 Å². The Labute approximate surface area is 194 Å². The number of carbonyl (C=O) groups excluding carboxylic acids is 2. The summed E-state index contributed by atoms with van der Waals surface area (Å²) >= 11 is 7.12. The smallest absolute Gasteiger partial charge is 0.410 e. The Balaban J connectivity index is 1.50. The lowest BCUT2D eigenvalue weighted by molar-refractivity contribution is 0.0219. The van der Waals surface area contributed by atoms with Crippen LogP contribution in [0.2, 0.25) is 0 Å². The second-order valence-corrected chi connectivity index (χ2v) is 10.3. The number of rotatable bonds is 7. The van der Waals surface area contributed by atoms with Gasteiger partial charge in [0.25, 0.3) is 0 Å². The minimum Gasteiger partial charge on any atom is -0.444 e. The van der Waals surface area contributed by atoms with Gasteiger partial charge < -0.3 is 25.6 Å². The van der Waals surface area contributed by atoms with Crippen molar-refractivity contribution in [1.29, 1.82) is 0 Å². The molecule has 3 amide bonds. The molecule has 10 heteroatoms. The molecule has 1 saturated heterocycles. The van der Waals surface area contributed by atoms with Gasteiger partial charge in [-0.15, -0.1) is 0 Å². The molecule has 0 aliphatic carbocycles. The monoisotopic (exact) mass is 467 g/mol. The molecule has 3 N–H and O–H groups in total. The summed E-state index contributed by atoms with van der Waals surface area (Å²) in [7, 11) is 0. The number of aromatic nitrogens is 1. The number of thiocarbonyl (C=S) groups is 1. The fourth-order valence-corrected chi connectivity index (χ4v) is 4.37. The number of anilines is 1. The first-order chi connectivity index (χ1) is 14.7. The van der Waals surface area contributed by atoms with Crippen LogP contribution in [0.3, 0.4) is 0 Å². The summed E-state index contributed by atoms with van der Waals surface area (Å²) in [5.74, 6) is 0. The van der Waals surface area contributed by atoms with Gasteiger partial charge in [-0.25, -0.2) is 9.59 Å². The highest BCUT2D eigenvalue weighted by atomic mass is 32.2. The molecule has 1 aromatic heterocycles. The minimum atomic E-state index is -0.465. The van der Waals surface area contributed by atoms with Crippen molar-refractivity contribution in [3.8, 4) is 0 Å². The van der Waals surface area contributed by atoms with Crippen molar-refractivity contribution in [2.45, 2.75) is 57.3 Å². The first-order valence-electron chi connectivity index (χ1n) is 10.6. The van der Waals surface area contributed by atoms with Crippen LogP contribution in [0.4, 0.5) is 15.3 Å². The minimum absolute atomic E-state index is 0.219. The zero-order chi connectivity index (χ0) is 22.7. The molecule has 1 aromatic rings. The molecule has 1 aliphatic rings. The molecule has 172 valence electrons. The number of urea groups is 1. The number of hydrogen-bond donors (Lipinski definition) is 3. The molecule has 0 bridgehead atoms. The fraction of sp³-hybridized carbons (Fsp3) is 0.619. The van der Waals surface area contributed by atoms with Gasteiger partial charge in [-0.1, -0.05) is 24.0 Å². The average Bonchev–Trinajstić information content (AvgIpc) is 2.70. The van der Waals surface area contributed by atoms with Gasteiger partial charge in [-0.3, -0.25) is 4.98 Å². The first kappa shape index (κ1) is 25.2. The Morgan fingerprint density at radius 1 is 1.16 bits per heavy atom. The molecule has 2 heterocycles. The van der Waals surface area contributed by atoms with Crippen LogP contribution in [0, 0.1) is 0 Å². The molecule has 0 atom stereocenters. The van der Waals surface area contributed by atoms with E-state index in [1.165, 1.54) is 0 Å². The SMILES string of the molecule is CC(C)(C)OC(=O)N1CCC(SC(=S)NCCCCNC(=O)Nc2ccncc2)CC1. The molecular weight excluding hydrogens is 434 g/mol. The fourth-order valence-electron chi connectivity index (χ4n) is 2.93. The summed E-state index contributed by atoms with van der Waals surface area (Å²) in [6.45, 7) is 8.41. The topological polar surface area (TPSA) is 95.6 Å². The highest BCUT2D eigenvalue weighted by Crippen LogP contribution is 2.25. The number of likely N-dealkylation sites (tertiary alicyclic amines) is 1. The van der Waals surface area contributed by atoms with Crippen LogP contribution in [0.15, 0.2) is 24.5 Å². The molecule has 0 spiro atoms. The van der Waals surface area contributed by atoms with Crippen LogP contribution >= 0.6 is 24.0 Å². The third kappa shape index (κ3) is 10.7. The van der Waals surface area contributed by atoms with Crippen molar-refractivity contribution < 1.29 is 14.3 Å². The van der Waals surface area contributed by atoms with Crippen molar-refractivity contribution in [3.63, 3.8) is 0 Å². The Morgan fingerprint density at radius 3 is 2.39 bits per heavy atom. The number of pyridine rings is 1. The third-order valence-corrected chi connectivity index (χ3v) is 6.06. The maximum Gasteiger partial charge on any atom is 0.410 e. The second kappa shape index (κ2) is 12.7. The molecular formula is C21H33N5O3S2. The van der Waals surface area contributed by atoms with Gasteiger partial charge in [0.2, 0.25) is 0 Å². The predicted octanol–water partition coefficient (Wildman–Crippen LogP) is 3.99. The number of unbranched alkanes of at least 4 members (excludes halogenated alkanes) is 1. The summed E-state index contributed by atoms with van der Waals surface area (Å²) in [5, 5.41) is 9.28. The predicted molar refractivity (Wildman–Crippen MR) is 130 cm³/mol. The number of ether oxygens (including phenoxy) is 1. The number of nitrogens with one attached hydrogen (secondary N) is 3. The summed E-state index contributed by atoms with van der Waals surface area (Å²) in [4.78, 5) is 29.6. The van der Waals surface area contributed by atoms with E-state index in [1.54, 1.807) is 41.2 Å². The molecule has 1 fully saturated rings. The van der Waals surface area contributed by atoms with Crippen LogP contribution in [-0.2, 0) is 4.74 Å². The molecule has 0 aromatic carbocycles. The summed E-state index contributed by atoms with van der Waals surface area (Å²) in [6.07, 6.45) is 6.61. The third-order valence-electron chi connectivity index (χ3n) is 4.46. The number of piperidine rings is 1. The van der Waals surface area contributed by atoms with Crippen LogP contribution in [-0.4, -0.2) is 63.4 Å². The van der Waals surface area contributed by atoms with Crippen molar-refractivity contribution in [2.75, 3.05) is 31.5 Å². The maximum absolute atomic E-state index is 12.1. The lowest BCUT2D eigenvalue weighted by Gasteiger charge is -2.33. The van der Waals surface area contributed by atoms with Crippen LogP contribution in [0.5, 0.6) is 0 Å². The van der Waals surface area contributed by atoms with Gasteiger partial charge in [0.1, 0.15) is 9.92 Å². The molecule has 2 rings (SSSR count). The quantitative estimate of drug-likeness (QED) is 0.412. The molecule has 8 nitrogen and oxygen atoms in total. The van der Waals surface area contributed by atoms with Gasteiger partial charge in [0.05, 0.1) is 0 Å². The van der Waals surface area contributed by atoms with Gasteiger partial charge in [-0.2, -0.15) is 0 Å². The van der Waals surface area contributed by atoms with Gasteiger partial charge in [-0.05, 0) is 58.6 Å². The zero-order valence-electron chi connectivity index (χ0n) is 18.5. The van der Waals surface area contributed by atoms with E-state index in [9.17, 15) is 9.59 Å². The van der Waals surface area contributed by atoms with Gasteiger partial charge in [0.15, 0.2) is 0 Å². The summed E-state index contributed by atoms with van der Waals surface area (Å²) in [6, 6.07) is 3.26. The van der Waals surface area contributed by atoms with E-state index in [4.69, 9.17) is 17.0 Å². The van der Waals surface area contributed by atoms with E-state index in [1.807, 2.05) is 20.8 Å². The van der Waals surface area contributed by atoms with Crippen LogP contribution in [0.25, 0.3) is 0 Å². The van der Waals surface area contributed by atoms with Crippen molar-refractivity contribution in [2.24, 2.45) is 0 Å². The zero-order valence-corrected chi connectivity index (χ0v) is 20.1. The highest BCUT2D eigenvalue weighted by Gasteiger charge is 2.27. The lowest BCUT2D eigenvalue weighted by Crippen LogP contribution is -2.42. The van der Waals surface area contributed by atoms with E-state index in [-0.39, 0.29) is 12.1 Å². The molecule has 0 saturated carbocycles. The number of carbonyl (C=O) groups is 2. The van der Waals surface area contributed by atoms with Crippen molar-refractivity contribution in [3.05, 3.63) is 24.5 Å². The first-order valence-corrected chi connectivity index (χ1v) is 11.9. The number of hydrogen-bond acceptors (Lipinski definition) is 6. The highest BCUT2D eigenvalue weighted by molar-refractivity contribution is 8.23.